The molecule has 1 spiro atoms. The molecule has 3 heteroatoms. The zero-order chi connectivity index (χ0) is 37.3. The van der Waals surface area contributed by atoms with E-state index < -0.39 is 0 Å². The van der Waals surface area contributed by atoms with Gasteiger partial charge in [-0.15, -0.1) is 0 Å². The van der Waals surface area contributed by atoms with Crippen LogP contribution in [0, 0.1) is 177 Å². The molecule has 304 valence electrons. The van der Waals surface area contributed by atoms with Crippen molar-refractivity contribution in [3.05, 3.63) is 69.9 Å². The first-order valence-corrected chi connectivity index (χ1v) is 27.0. The zero-order valence-electron chi connectivity index (χ0n) is 34.6. The van der Waals surface area contributed by atoms with Gasteiger partial charge in [0, 0.05) is 18.3 Å². The van der Waals surface area contributed by atoms with Crippen LogP contribution < -0.4 is 0 Å². The van der Waals surface area contributed by atoms with Crippen molar-refractivity contribution in [2.24, 2.45) is 177 Å². The van der Waals surface area contributed by atoms with Gasteiger partial charge in [-0.05, 0) is 263 Å². The minimum absolute atomic E-state index is 0.0600. The number of hydrogen-bond donors (Lipinski definition) is 0. The van der Waals surface area contributed by atoms with Crippen LogP contribution >= 0.6 is 11.3 Å². The summed E-state index contributed by atoms with van der Waals surface area (Å²) in [7, 11) is 0. The maximum atomic E-state index is 13.6. The first-order valence-electron chi connectivity index (χ1n) is 26.1. The van der Waals surface area contributed by atoms with Crippen LogP contribution in [0.2, 0.25) is 0 Å². The summed E-state index contributed by atoms with van der Waals surface area (Å²) in [5.41, 5.74) is 5.84. The van der Waals surface area contributed by atoms with Gasteiger partial charge in [0.1, 0.15) is 0 Å². The summed E-state index contributed by atoms with van der Waals surface area (Å²) in [6, 6.07) is 14.6. The number of esters is 1. The van der Waals surface area contributed by atoms with Gasteiger partial charge in [0.15, 0.2) is 0 Å². The van der Waals surface area contributed by atoms with Gasteiger partial charge in [-0.25, -0.2) is 0 Å². The van der Waals surface area contributed by atoms with Crippen LogP contribution in [0.3, 0.4) is 0 Å². The number of rotatable bonds is 8. The Bertz CT molecular complexity index is 2310. The fourth-order valence-corrected chi connectivity index (χ4v) is 29.0. The lowest BCUT2D eigenvalue weighted by molar-refractivity contribution is -0.153. The van der Waals surface area contributed by atoms with Gasteiger partial charge in [0.05, 0.1) is 6.61 Å². The summed E-state index contributed by atoms with van der Waals surface area (Å²) in [6.07, 6.45) is 18.2. The predicted octanol–water partition coefficient (Wildman–Crippen LogP) is 10.7. The molecule has 59 heavy (non-hydrogen) atoms. The van der Waals surface area contributed by atoms with Gasteiger partial charge in [0.2, 0.25) is 0 Å². The monoisotopic (exact) mass is 798 g/mol. The van der Waals surface area contributed by atoms with E-state index in [2.05, 4.69) is 58.8 Å². The molecule has 31 unspecified atom stereocenters. The van der Waals surface area contributed by atoms with Crippen LogP contribution in [0.25, 0.3) is 0 Å². The van der Waals surface area contributed by atoms with Gasteiger partial charge < -0.3 is 4.74 Å². The van der Waals surface area contributed by atoms with Crippen molar-refractivity contribution in [2.75, 3.05) is 6.61 Å². The molecule has 0 saturated heterocycles. The second-order valence-corrected chi connectivity index (χ2v) is 27.1. The van der Waals surface area contributed by atoms with Crippen molar-refractivity contribution in [2.45, 2.75) is 76.0 Å². The van der Waals surface area contributed by atoms with Crippen molar-refractivity contribution in [1.29, 1.82) is 0 Å². The molecule has 17 aliphatic rings. The SMILES string of the molecule is O=C(CCCC1(c2ccccc2)C2C3CC4CC5CC6CC7CC8CC9=CC%10CC21C1C%10C2C9C9C8C7C7C6C6C5C4C4C3C1C1C2C9C7C6C41)OCCc1ccsc1. The standard InChI is InChI=1S/C56H62O2S/c57-32(58-11-8-22-9-12-59-21-22)7-4-10-55(30-5-2-1-3-6-30)54-31-19-28-17-25-15-26-14-23-13-24-16-27-18-29-20-56(54,55)53-39(29)44-38(27)43-34(24)33(23)41-37(26)42-35(25)36(28)45-40(31)52(53)51-49(44)47(43)46(41)48(42)50(45)51/h1-3,5-6,9,12,18,21,23-26,28-29,31,33-54H,4,7-8,10-11,13-17,19-20H2. The molecule has 1 aromatic carbocycles. The fourth-order valence-electron chi connectivity index (χ4n) is 28.3. The van der Waals surface area contributed by atoms with E-state index in [1.165, 1.54) is 48.5 Å². The van der Waals surface area contributed by atoms with Crippen LogP contribution in [0.4, 0.5) is 0 Å². The van der Waals surface area contributed by atoms with E-state index in [9.17, 15) is 4.79 Å². The Labute approximate surface area is 354 Å². The minimum atomic E-state index is 0.0600. The highest BCUT2D eigenvalue weighted by molar-refractivity contribution is 7.07. The van der Waals surface area contributed by atoms with Gasteiger partial charge in [0.25, 0.3) is 0 Å². The Morgan fingerprint density at radius 3 is 2.03 bits per heavy atom. The summed E-state index contributed by atoms with van der Waals surface area (Å²) in [5, 5.41) is 4.35. The van der Waals surface area contributed by atoms with E-state index in [1.807, 2.05) is 0 Å². The molecule has 19 rings (SSSR count). The quantitative estimate of drug-likeness (QED) is 0.196. The maximum absolute atomic E-state index is 13.6. The summed E-state index contributed by atoms with van der Waals surface area (Å²) in [4.78, 5) is 13.6. The Kier molecular flexibility index (Phi) is 5.28. The lowest BCUT2D eigenvalue weighted by atomic mass is 9.42. The molecule has 17 aliphatic carbocycles. The Morgan fingerprint density at radius 2 is 1.29 bits per heavy atom. The molecular formula is C56H62O2S. The summed E-state index contributed by atoms with van der Waals surface area (Å²) >= 11 is 1.75. The number of carbonyl (C=O) groups is 1. The smallest absolute Gasteiger partial charge is 0.305 e. The van der Waals surface area contributed by atoms with Crippen LogP contribution in [-0.2, 0) is 21.4 Å². The number of fused-ring (bicyclic) bond motifs is 1. The summed E-state index contributed by atoms with van der Waals surface area (Å²) < 4.78 is 5.99. The summed E-state index contributed by atoms with van der Waals surface area (Å²) in [6.45, 7) is 0.533. The highest BCUT2D eigenvalue weighted by atomic mass is 32.1. The van der Waals surface area contributed by atoms with E-state index in [1.54, 1.807) is 49.0 Å². The third-order valence-electron chi connectivity index (χ3n) is 26.8. The molecule has 2 nitrogen and oxygen atoms in total. The molecule has 0 radical (unpaired) electrons. The van der Waals surface area contributed by atoms with Gasteiger partial charge in [-0.3, -0.25) is 4.79 Å². The average molecular weight is 799 g/mol. The number of carbonyl (C=O) groups excluding carboxylic acids is 1. The van der Waals surface area contributed by atoms with Crippen molar-refractivity contribution >= 4 is 17.3 Å². The Balaban J connectivity index is 0.812. The third kappa shape index (κ3) is 3.00. The largest absolute Gasteiger partial charge is 0.465 e. The van der Waals surface area contributed by atoms with E-state index in [-0.39, 0.29) is 11.4 Å². The molecule has 0 aliphatic heterocycles. The zero-order valence-corrected chi connectivity index (χ0v) is 35.5. The first-order chi connectivity index (χ1) is 29.2. The minimum Gasteiger partial charge on any atom is -0.465 e. The topological polar surface area (TPSA) is 26.3 Å². The van der Waals surface area contributed by atoms with Crippen LogP contribution in [0.1, 0.15) is 75.3 Å². The molecular weight excluding hydrogens is 737 g/mol. The Morgan fingerprint density at radius 1 is 0.661 bits per heavy atom. The number of thiophene rings is 1. The van der Waals surface area contributed by atoms with Crippen molar-refractivity contribution in [1.82, 2.24) is 0 Å². The van der Waals surface area contributed by atoms with E-state index in [0.29, 0.717) is 18.4 Å². The van der Waals surface area contributed by atoms with Crippen molar-refractivity contribution in [3.8, 4) is 0 Å². The second-order valence-electron chi connectivity index (χ2n) is 26.3. The number of ether oxygens (including phenoxy) is 1. The highest BCUT2D eigenvalue weighted by Gasteiger charge is 2.95. The van der Waals surface area contributed by atoms with Crippen LogP contribution in [0.5, 0.6) is 0 Å². The highest BCUT2D eigenvalue weighted by Crippen LogP contribution is 2.98. The van der Waals surface area contributed by atoms with Crippen LogP contribution in [0.15, 0.2) is 58.8 Å². The average Bonchev–Trinajstić information content (AvgIpc) is 4.03. The molecule has 1 aromatic heterocycles. The van der Waals surface area contributed by atoms with Gasteiger partial charge in [-0.2, -0.15) is 11.3 Å². The second kappa shape index (κ2) is 9.77. The van der Waals surface area contributed by atoms with Gasteiger partial charge >= 0.3 is 5.97 Å². The van der Waals surface area contributed by atoms with E-state index >= 15 is 0 Å². The van der Waals surface area contributed by atoms with Crippen molar-refractivity contribution < 1.29 is 9.53 Å². The first kappa shape index (κ1) is 31.9. The van der Waals surface area contributed by atoms with E-state index in [0.717, 1.165) is 161 Å². The maximum Gasteiger partial charge on any atom is 0.305 e. The molecule has 16 saturated carbocycles. The summed E-state index contributed by atoms with van der Waals surface area (Å²) in [5.74, 6) is 31.4. The molecule has 16 fully saturated rings. The molecule has 1 heterocycles. The van der Waals surface area contributed by atoms with E-state index in [4.69, 9.17) is 4.74 Å². The number of benzene rings is 1. The van der Waals surface area contributed by atoms with Crippen LogP contribution in [-0.4, -0.2) is 12.6 Å². The normalized spacial score (nSPS) is 66.6. The molecule has 31 atom stereocenters. The number of allylic oxidation sites excluding steroid dienone is 2. The predicted molar refractivity (Wildman–Crippen MR) is 225 cm³/mol. The Hall–Kier alpha value is -1.87. The van der Waals surface area contributed by atoms with Crippen molar-refractivity contribution in [3.63, 3.8) is 0 Å². The third-order valence-corrected chi connectivity index (χ3v) is 27.6. The fraction of sp³-hybridized carbons (Fsp3) is 0.768. The van der Waals surface area contributed by atoms with Gasteiger partial charge in [-0.1, -0.05) is 42.0 Å². The molecule has 0 amide bonds. The lowest BCUT2D eigenvalue weighted by Gasteiger charge is -2.62. The molecule has 0 N–H and O–H groups in total. The number of hydrogen-bond acceptors (Lipinski definition) is 3. The molecule has 2 aromatic rings. The lowest BCUT2D eigenvalue weighted by Crippen LogP contribution is -2.59. The molecule has 0 bridgehead atoms.